The third-order valence-electron chi connectivity index (χ3n) is 6.23. The van der Waals surface area contributed by atoms with Crippen molar-refractivity contribution in [3.63, 3.8) is 0 Å². The first-order valence-corrected chi connectivity index (χ1v) is 12.7. The Morgan fingerprint density at radius 3 is 2.32 bits per heavy atom. The van der Waals surface area contributed by atoms with Gasteiger partial charge in [-0.2, -0.15) is 0 Å². The highest BCUT2D eigenvalue weighted by atomic mass is 16.5. The standard InChI is InChI=1S/C28H35N3O6/c1-2-35-26(33)17-10-20-8-13-23(14-9-20)30-25(32)19-36-24-15-11-22(12-16-24)27(29)31-28(34)37-18-21-6-4-3-5-7-21/h3-7,11-12,15-16,20,23H,2,8-10,13-14,17-19H2,1H3,(H,30,32)(H2,29,31,34). The van der Waals surface area contributed by atoms with Crippen LogP contribution in [0.1, 0.15) is 56.6 Å². The average Bonchev–Trinajstić information content (AvgIpc) is 2.91. The number of rotatable bonds is 11. The van der Waals surface area contributed by atoms with Gasteiger partial charge in [0.15, 0.2) is 6.61 Å². The Labute approximate surface area is 217 Å². The molecule has 1 fully saturated rings. The number of hydrogen-bond donors (Lipinski definition) is 3. The van der Waals surface area contributed by atoms with Crippen LogP contribution in [0.5, 0.6) is 5.75 Å². The quantitative estimate of drug-likeness (QED) is 0.235. The van der Waals surface area contributed by atoms with E-state index in [4.69, 9.17) is 19.6 Å². The minimum absolute atomic E-state index is 0.0970. The molecule has 9 heteroatoms. The lowest BCUT2D eigenvalue weighted by atomic mass is 9.83. The van der Waals surface area contributed by atoms with E-state index in [1.54, 1.807) is 24.3 Å². The van der Waals surface area contributed by atoms with E-state index >= 15 is 0 Å². The van der Waals surface area contributed by atoms with Crippen molar-refractivity contribution in [2.75, 3.05) is 13.2 Å². The van der Waals surface area contributed by atoms with Gasteiger partial charge >= 0.3 is 12.1 Å². The summed E-state index contributed by atoms with van der Waals surface area (Å²) in [5, 5.41) is 13.5. The molecule has 198 valence electrons. The summed E-state index contributed by atoms with van der Waals surface area (Å²) in [6.07, 6.45) is 4.31. The fourth-order valence-electron chi connectivity index (χ4n) is 4.22. The molecule has 1 aliphatic rings. The van der Waals surface area contributed by atoms with Crippen LogP contribution in [0.3, 0.4) is 0 Å². The number of amidine groups is 1. The highest BCUT2D eigenvalue weighted by Gasteiger charge is 2.23. The van der Waals surface area contributed by atoms with Crippen molar-refractivity contribution < 1.29 is 28.6 Å². The van der Waals surface area contributed by atoms with Gasteiger partial charge in [-0.1, -0.05) is 30.3 Å². The van der Waals surface area contributed by atoms with Crippen molar-refractivity contribution in [3.05, 3.63) is 65.7 Å². The van der Waals surface area contributed by atoms with Crippen LogP contribution >= 0.6 is 0 Å². The molecule has 37 heavy (non-hydrogen) atoms. The molecule has 2 aromatic rings. The normalized spacial score (nSPS) is 16.8. The van der Waals surface area contributed by atoms with E-state index in [1.165, 1.54) is 0 Å². The molecule has 3 N–H and O–H groups in total. The Balaban J connectivity index is 1.32. The first-order chi connectivity index (χ1) is 17.9. The van der Waals surface area contributed by atoms with E-state index in [-0.39, 0.29) is 37.0 Å². The van der Waals surface area contributed by atoms with Crippen LogP contribution in [0.4, 0.5) is 4.79 Å². The summed E-state index contributed by atoms with van der Waals surface area (Å²) < 4.78 is 15.7. The number of benzene rings is 2. The summed E-state index contributed by atoms with van der Waals surface area (Å²) in [5.41, 5.74) is 1.33. The zero-order valence-electron chi connectivity index (χ0n) is 21.2. The lowest BCUT2D eigenvalue weighted by molar-refractivity contribution is -0.143. The summed E-state index contributed by atoms with van der Waals surface area (Å²) in [4.78, 5) is 35.8. The molecule has 0 atom stereocenters. The van der Waals surface area contributed by atoms with Gasteiger partial charge in [0.25, 0.3) is 5.91 Å². The first-order valence-electron chi connectivity index (χ1n) is 12.7. The van der Waals surface area contributed by atoms with E-state index in [2.05, 4.69) is 10.6 Å². The van der Waals surface area contributed by atoms with Crippen molar-refractivity contribution in [1.29, 1.82) is 5.41 Å². The van der Waals surface area contributed by atoms with Gasteiger partial charge in [0.05, 0.1) is 6.61 Å². The minimum atomic E-state index is -0.709. The summed E-state index contributed by atoms with van der Waals surface area (Å²) in [6.45, 7) is 2.23. The molecule has 0 unspecified atom stereocenters. The van der Waals surface area contributed by atoms with Gasteiger partial charge in [0.2, 0.25) is 0 Å². The monoisotopic (exact) mass is 509 g/mol. The molecule has 9 nitrogen and oxygen atoms in total. The number of esters is 1. The fraction of sp³-hybridized carbons (Fsp3) is 0.429. The zero-order valence-corrected chi connectivity index (χ0v) is 21.2. The molecule has 2 amide bonds. The highest BCUT2D eigenvalue weighted by molar-refractivity contribution is 6.04. The van der Waals surface area contributed by atoms with Crippen LogP contribution in [0.15, 0.2) is 54.6 Å². The van der Waals surface area contributed by atoms with Gasteiger partial charge < -0.3 is 19.5 Å². The van der Waals surface area contributed by atoms with Crippen LogP contribution in [0, 0.1) is 11.3 Å². The second kappa shape index (κ2) is 14.6. The lowest BCUT2D eigenvalue weighted by Gasteiger charge is -2.29. The van der Waals surface area contributed by atoms with E-state index < -0.39 is 6.09 Å². The maximum absolute atomic E-state index is 12.3. The number of hydrogen-bond acceptors (Lipinski definition) is 7. The van der Waals surface area contributed by atoms with Crippen molar-refractivity contribution >= 4 is 23.8 Å². The van der Waals surface area contributed by atoms with E-state index in [0.717, 1.165) is 37.7 Å². The summed E-state index contributed by atoms with van der Waals surface area (Å²) in [6, 6.07) is 15.9. The van der Waals surface area contributed by atoms with Crippen LogP contribution in [0.25, 0.3) is 0 Å². The van der Waals surface area contributed by atoms with Crippen LogP contribution in [-0.4, -0.2) is 43.1 Å². The molecule has 0 bridgehead atoms. The largest absolute Gasteiger partial charge is 0.484 e. The van der Waals surface area contributed by atoms with E-state index in [1.807, 2.05) is 37.3 Å². The number of carbonyl (C=O) groups excluding carboxylic acids is 3. The number of amides is 2. The van der Waals surface area contributed by atoms with Gasteiger partial charge in [0, 0.05) is 18.0 Å². The molecular weight excluding hydrogens is 474 g/mol. The van der Waals surface area contributed by atoms with Gasteiger partial charge in [0.1, 0.15) is 18.2 Å². The molecule has 0 heterocycles. The van der Waals surface area contributed by atoms with E-state index in [9.17, 15) is 14.4 Å². The third kappa shape index (κ3) is 9.95. The highest BCUT2D eigenvalue weighted by Crippen LogP contribution is 2.28. The Kier molecular flexibility index (Phi) is 10.9. The number of carbonyl (C=O) groups is 3. The van der Waals surface area contributed by atoms with Gasteiger partial charge in [-0.25, -0.2) is 4.79 Å². The Hall–Kier alpha value is -3.88. The molecule has 0 spiro atoms. The SMILES string of the molecule is CCOC(=O)CCC1CCC(NC(=O)COc2ccc(C(=N)NC(=O)OCc3ccccc3)cc2)CC1. The molecule has 2 aromatic carbocycles. The number of ether oxygens (including phenoxy) is 3. The fourth-order valence-corrected chi connectivity index (χ4v) is 4.22. The first kappa shape index (κ1) is 27.7. The Morgan fingerprint density at radius 1 is 0.946 bits per heavy atom. The molecule has 1 aliphatic carbocycles. The molecule has 0 aromatic heterocycles. The molecule has 1 saturated carbocycles. The van der Waals surface area contributed by atoms with Crippen molar-refractivity contribution in [2.45, 2.75) is 58.1 Å². The zero-order chi connectivity index (χ0) is 26.5. The minimum Gasteiger partial charge on any atom is -0.484 e. The van der Waals surface area contributed by atoms with Crippen molar-refractivity contribution in [1.82, 2.24) is 10.6 Å². The molecular formula is C28H35N3O6. The van der Waals surface area contributed by atoms with Crippen molar-refractivity contribution in [3.8, 4) is 5.75 Å². The third-order valence-corrected chi connectivity index (χ3v) is 6.23. The second-order valence-electron chi connectivity index (χ2n) is 9.00. The van der Waals surface area contributed by atoms with Gasteiger partial charge in [-0.3, -0.25) is 20.3 Å². The Morgan fingerprint density at radius 2 is 1.65 bits per heavy atom. The Bertz CT molecular complexity index is 1030. The maximum Gasteiger partial charge on any atom is 0.413 e. The predicted molar refractivity (Wildman–Crippen MR) is 138 cm³/mol. The smallest absolute Gasteiger partial charge is 0.413 e. The maximum atomic E-state index is 12.3. The van der Waals surface area contributed by atoms with Crippen LogP contribution < -0.4 is 15.4 Å². The summed E-state index contributed by atoms with van der Waals surface area (Å²) in [5.74, 6) is 0.555. The van der Waals surface area contributed by atoms with Gasteiger partial charge in [-0.05, 0) is 74.8 Å². The lowest BCUT2D eigenvalue weighted by Crippen LogP contribution is -2.40. The molecule has 0 radical (unpaired) electrons. The van der Waals surface area contributed by atoms with Crippen LogP contribution in [0.2, 0.25) is 0 Å². The summed E-state index contributed by atoms with van der Waals surface area (Å²) >= 11 is 0. The topological polar surface area (TPSA) is 127 Å². The molecule has 0 aliphatic heterocycles. The van der Waals surface area contributed by atoms with E-state index in [0.29, 0.717) is 30.3 Å². The van der Waals surface area contributed by atoms with Crippen molar-refractivity contribution in [2.24, 2.45) is 5.92 Å². The molecule has 3 rings (SSSR count). The number of nitrogens with one attached hydrogen (secondary N) is 3. The predicted octanol–water partition coefficient (Wildman–Crippen LogP) is 4.34. The summed E-state index contributed by atoms with van der Waals surface area (Å²) in [7, 11) is 0. The van der Waals surface area contributed by atoms with Crippen LogP contribution in [-0.2, 0) is 25.7 Å². The average molecular weight is 510 g/mol. The number of alkyl carbamates (subject to hydrolysis) is 1. The van der Waals surface area contributed by atoms with Gasteiger partial charge in [-0.15, -0.1) is 0 Å². The molecule has 0 saturated heterocycles. The second-order valence-corrected chi connectivity index (χ2v) is 9.00.